The molecule has 2 amide bonds. The fourth-order valence-electron chi connectivity index (χ4n) is 2.16. The van der Waals surface area contributed by atoms with Crippen molar-refractivity contribution in [1.29, 1.82) is 0 Å². The maximum atomic E-state index is 12.9. The van der Waals surface area contributed by atoms with Crippen molar-refractivity contribution in [3.05, 3.63) is 46.5 Å². The summed E-state index contributed by atoms with van der Waals surface area (Å²) in [4.78, 5) is 27.7. The van der Waals surface area contributed by atoms with Crippen LogP contribution in [0.3, 0.4) is 0 Å². The average molecular weight is 326 g/mol. The van der Waals surface area contributed by atoms with Crippen molar-refractivity contribution in [3.8, 4) is 0 Å². The third-order valence-electron chi connectivity index (χ3n) is 3.33. The van der Waals surface area contributed by atoms with Gasteiger partial charge in [0.25, 0.3) is 11.8 Å². The van der Waals surface area contributed by atoms with Gasteiger partial charge in [0.1, 0.15) is 0 Å². The molecule has 0 aromatic carbocycles. The van der Waals surface area contributed by atoms with Crippen molar-refractivity contribution in [2.75, 3.05) is 0 Å². The molecule has 0 saturated heterocycles. The summed E-state index contributed by atoms with van der Waals surface area (Å²) in [7, 11) is 1.61. The summed E-state index contributed by atoms with van der Waals surface area (Å²) in [6.45, 7) is 3.18. The van der Waals surface area contributed by atoms with E-state index in [0.717, 1.165) is 12.4 Å². The lowest BCUT2D eigenvalue weighted by molar-refractivity contribution is -0.138. The van der Waals surface area contributed by atoms with Gasteiger partial charge < -0.3 is 0 Å². The molecular formula is C14H13F3N4O2. The van der Waals surface area contributed by atoms with Gasteiger partial charge in [0, 0.05) is 25.1 Å². The number of rotatable bonds is 2. The fraction of sp³-hybridized carbons (Fsp3) is 0.286. The first-order chi connectivity index (χ1) is 10.6. The minimum Gasteiger partial charge on any atom is -0.288 e. The summed E-state index contributed by atoms with van der Waals surface area (Å²) < 4.78 is 40.1. The highest BCUT2D eigenvalue weighted by Gasteiger charge is 2.35. The highest BCUT2D eigenvalue weighted by molar-refractivity contribution is 6.11. The summed E-state index contributed by atoms with van der Waals surface area (Å²) in [5, 5.41) is 5.97. The molecule has 1 N–H and O–H groups in total. The van der Waals surface area contributed by atoms with Crippen molar-refractivity contribution < 1.29 is 22.8 Å². The van der Waals surface area contributed by atoms with Crippen molar-refractivity contribution >= 4 is 11.8 Å². The van der Waals surface area contributed by atoms with Crippen LogP contribution in [0.25, 0.3) is 0 Å². The van der Waals surface area contributed by atoms with E-state index in [9.17, 15) is 22.8 Å². The molecule has 6 nitrogen and oxygen atoms in total. The van der Waals surface area contributed by atoms with E-state index in [2.05, 4.69) is 10.1 Å². The van der Waals surface area contributed by atoms with Gasteiger partial charge in [0.2, 0.25) is 0 Å². The molecule has 0 radical (unpaired) electrons. The number of hydrogen-bond donors (Lipinski definition) is 1. The van der Waals surface area contributed by atoms with Crippen molar-refractivity contribution in [2.24, 2.45) is 7.05 Å². The lowest BCUT2D eigenvalue weighted by Gasteiger charge is -2.11. The largest absolute Gasteiger partial charge is 0.417 e. The lowest BCUT2D eigenvalue weighted by Crippen LogP contribution is -2.32. The van der Waals surface area contributed by atoms with Gasteiger partial charge in [-0.2, -0.15) is 18.3 Å². The number of halogens is 3. The van der Waals surface area contributed by atoms with Gasteiger partial charge in [0.15, 0.2) is 0 Å². The quantitative estimate of drug-likeness (QED) is 0.857. The minimum absolute atomic E-state index is 0.151. The first kappa shape index (κ1) is 16.7. The molecule has 0 aliphatic carbocycles. The van der Waals surface area contributed by atoms with E-state index in [0.29, 0.717) is 17.5 Å². The second-order valence-electron chi connectivity index (χ2n) is 4.87. The first-order valence-corrected chi connectivity index (χ1v) is 6.50. The third-order valence-corrected chi connectivity index (χ3v) is 3.33. The maximum Gasteiger partial charge on any atom is 0.417 e. The van der Waals surface area contributed by atoms with Crippen LogP contribution in [0.2, 0.25) is 0 Å². The number of amides is 2. The van der Waals surface area contributed by atoms with Gasteiger partial charge in [-0.15, -0.1) is 0 Å². The van der Waals surface area contributed by atoms with Crippen LogP contribution in [0.5, 0.6) is 0 Å². The predicted molar refractivity (Wildman–Crippen MR) is 73.7 cm³/mol. The van der Waals surface area contributed by atoms with Crippen LogP contribution in [-0.4, -0.2) is 26.6 Å². The fourth-order valence-corrected chi connectivity index (χ4v) is 2.16. The molecule has 0 bridgehead atoms. The normalized spacial score (nSPS) is 11.4. The van der Waals surface area contributed by atoms with Crippen LogP contribution in [0.15, 0.2) is 18.5 Å². The Morgan fingerprint density at radius 3 is 2.39 bits per heavy atom. The SMILES string of the molecule is Cc1nn(C)c(C)c1C(=O)NC(=O)c1cnccc1C(F)(F)F. The van der Waals surface area contributed by atoms with Gasteiger partial charge in [0.05, 0.1) is 22.4 Å². The van der Waals surface area contributed by atoms with E-state index >= 15 is 0 Å². The number of nitrogens with zero attached hydrogens (tertiary/aromatic N) is 3. The molecule has 2 aromatic rings. The third kappa shape index (κ3) is 3.22. The number of carbonyl (C=O) groups excluding carboxylic acids is 2. The molecule has 0 unspecified atom stereocenters. The molecule has 2 rings (SSSR count). The number of pyridine rings is 1. The van der Waals surface area contributed by atoms with E-state index in [4.69, 9.17) is 0 Å². The van der Waals surface area contributed by atoms with Gasteiger partial charge in [-0.1, -0.05) is 0 Å². The molecule has 0 spiro atoms. The van der Waals surface area contributed by atoms with Gasteiger partial charge >= 0.3 is 6.18 Å². The van der Waals surface area contributed by atoms with E-state index in [1.165, 1.54) is 4.68 Å². The Hall–Kier alpha value is -2.71. The summed E-state index contributed by atoms with van der Waals surface area (Å²) in [6.07, 6.45) is -3.02. The van der Waals surface area contributed by atoms with Crippen molar-refractivity contribution in [3.63, 3.8) is 0 Å². The van der Waals surface area contributed by atoms with E-state index in [1.807, 2.05) is 5.32 Å². The van der Waals surface area contributed by atoms with Crippen LogP contribution < -0.4 is 5.32 Å². The van der Waals surface area contributed by atoms with Crippen LogP contribution >= 0.6 is 0 Å². The Kier molecular flexibility index (Phi) is 4.22. The summed E-state index contributed by atoms with van der Waals surface area (Å²) in [5.41, 5.74) is -0.851. The Morgan fingerprint density at radius 2 is 1.87 bits per heavy atom. The van der Waals surface area contributed by atoms with Crippen LogP contribution in [0, 0.1) is 13.8 Å². The highest BCUT2D eigenvalue weighted by Crippen LogP contribution is 2.31. The van der Waals surface area contributed by atoms with Crippen LogP contribution in [-0.2, 0) is 13.2 Å². The number of nitrogens with one attached hydrogen (secondary N) is 1. The topological polar surface area (TPSA) is 76.9 Å². The zero-order valence-corrected chi connectivity index (χ0v) is 12.5. The molecule has 0 atom stereocenters. The van der Waals surface area contributed by atoms with E-state index in [-0.39, 0.29) is 5.56 Å². The number of aromatic nitrogens is 3. The monoisotopic (exact) mass is 326 g/mol. The standard InChI is InChI=1S/C14H13F3N4O2/c1-7-11(8(2)21(3)20-7)13(23)19-12(22)9-6-18-5-4-10(9)14(15,16)17/h4-6H,1-3H3,(H,19,22,23). The molecular weight excluding hydrogens is 313 g/mol. The molecule has 2 heterocycles. The zero-order valence-electron chi connectivity index (χ0n) is 12.5. The van der Waals surface area contributed by atoms with Crippen molar-refractivity contribution in [2.45, 2.75) is 20.0 Å². The molecule has 9 heteroatoms. The number of aryl methyl sites for hydroxylation is 2. The number of alkyl halides is 3. The van der Waals surface area contributed by atoms with Crippen LogP contribution in [0.4, 0.5) is 13.2 Å². The second-order valence-corrected chi connectivity index (χ2v) is 4.87. The number of hydrogen-bond acceptors (Lipinski definition) is 4. The maximum absolute atomic E-state index is 12.9. The predicted octanol–water partition coefficient (Wildman–Crippen LogP) is 2.02. The van der Waals surface area contributed by atoms with Gasteiger partial charge in [-0.05, 0) is 19.9 Å². The van der Waals surface area contributed by atoms with Gasteiger partial charge in [-0.3, -0.25) is 24.6 Å². The van der Waals surface area contributed by atoms with Gasteiger partial charge in [-0.25, -0.2) is 0 Å². The second kappa shape index (κ2) is 5.82. The highest BCUT2D eigenvalue weighted by atomic mass is 19.4. The summed E-state index contributed by atoms with van der Waals surface area (Å²) in [6, 6.07) is 0.681. The Balaban J connectivity index is 2.32. The minimum atomic E-state index is -4.72. The Morgan fingerprint density at radius 1 is 1.22 bits per heavy atom. The molecule has 0 aliphatic heterocycles. The number of imide groups is 1. The van der Waals surface area contributed by atoms with E-state index in [1.54, 1.807) is 20.9 Å². The molecule has 0 aliphatic rings. The Bertz CT molecular complexity index is 781. The van der Waals surface area contributed by atoms with Crippen molar-refractivity contribution in [1.82, 2.24) is 20.1 Å². The Labute approximate surface area is 129 Å². The van der Waals surface area contributed by atoms with Crippen LogP contribution in [0.1, 0.15) is 37.7 Å². The molecule has 0 saturated carbocycles. The summed E-state index contributed by atoms with van der Waals surface area (Å²) >= 11 is 0. The average Bonchev–Trinajstić information content (AvgIpc) is 2.71. The smallest absolute Gasteiger partial charge is 0.288 e. The molecule has 23 heavy (non-hydrogen) atoms. The zero-order chi connectivity index (χ0) is 17.4. The molecule has 0 fully saturated rings. The van der Waals surface area contributed by atoms with E-state index < -0.39 is 29.1 Å². The summed E-state index contributed by atoms with van der Waals surface area (Å²) in [5.74, 6) is -1.98. The molecule has 122 valence electrons. The first-order valence-electron chi connectivity index (χ1n) is 6.50. The molecule has 2 aromatic heterocycles. The number of carbonyl (C=O) groups is 2. The lowest BCUT2D eigenvalue weighted by atomic mass is 10.1.